The molecule has 1 amide bonds. The molecule has 12 heteroatoms. The second-order valence-corrected chi connectivity index (χ2v) is 14.1. The number of sulfone groups is 1. The summed E-state index contributed by atoms with van der Waals surface area (Å²) in [5.41, 5.74) is 3.80. The van der Waals surface area contributed by atoms with Gasteiger partial charge >= 0.3 is 0 Å². The summed E-state index contributed by atoms with van der Waals surface area (Å²) in [5.74, 6) is -0.224. The monoisotopic (exact) mass is 612 g/mol. The highest BCUT2D eigenvalue weighted by Crippen LogP contribution is 2.27. The molecule has 1 saturated heterocycles. The summed E-state index contributed by atoms with van der Waals surface area (Å²) in [4.78, 5) is 38.4. The molecule has 3 heterocycles. The average molecular weight is 613 g/mol. The van der Waals surface area contributed by atoms with Crippen LogP contribution in [0.25, 0.3) is 21.9 Å². The van der Waals surface area contributed by atoms with Crippen molar-refractivity contribution in [3.8, 4) is 17.0 Å². The van der Waals surface area contributed by atoms with Gasteiger partial charge in [-0.1, -0.05) is 6.07 Å². The van der Waals surface area contributed by atoms with Crippen molar-refractivity contribution in [2.45, 2.75) is 69.1 Å². The van der Waals surface area contributed by atoms with Crippen LogP contribution in [0.4, 0.5) is 0 Å². The Hall–Kier alpha value is -3.32. The van der Waals surface area contributed by atoms with Crippen LogP contribution in [0.5, 0.6) is 5.88 Å². The molecular weight excluding hydrogens is 572 g/mol. The number of hydroxylamine groups is 1. The Balaban J connectivity index is 1.24. The maximum absolute atomic E-state index is 13.3. The van der Waals surface area contributed by atoms with E-state index < -0.39 is 26.8 Å². The summed E-state index contributed by atoms with van der Waals surface area (Å²) in [6.07, 6.45) is 8.59. The van der Waals surface area contributed by atoms with Gasteiger partial charge in [-0.3, -0.25) is 9.59 Å². The minimum absolute atomic E-state index is 0.0231. The largest absolute Gasteiger partial charge is 0.476 e. The first-order chi connectivity index (χ1) is 20.5. The first-order valence-corrected chi connectivity index (χ1v) is 16.6. The second-order valence-electron chi connectivity index (χ2n) is 11.7. The van der Waals surface area contributed by atoms with Gasteiger partial charge < -0.3 is 18.9 Å². The summed E-state index contributed by atoms with van der Waals surface area (Å²) in [6, 6.07) is 11.8. The maximum atomic E-state index is 13.3. The molecule has 11 nitrogen and oxygen atoms in total. The molecule has 232 valence electrons. The molecule has 2 aromatic heterocycles. The van der Waals surface area contributed by atoms with Crippen LogP contribution in [0, 0.1) is 0 Å². The molecule has 1 saturated carbocycles. The molecule has 0 radical (unpaired) electrons. The number of benzene rings is 1. The highest BCUT2D eigenvalue weighted by molar-refractivity contribution is 7.92. The summed E-state index contributed by atoms with van der Waals surface area (Å²) in [6.45, 7) is 3.33. The number of rotatable bonds is 13. The Morgan fingerprint density at radius 3 is 2.63 bits per heavy atom. The predicted octanol–water partition coefficient (Wildman–Crippen LogP) is 3.30. The molecular formula is C31H40N4O7S. The zero-order chi connectivity index (χ0) is 30.6. The number of carbonyl (C=O) groups excluding carboxylic acids is 1. The number of amides is 1. The molecule has 1 aliphatic carbocycles. The molecule has 1 aliphatic heterocycles. The summed E-state index contributed by atoms with van der Waals surface area (Å²) >= 11 is 0. The van der Waals surface area contributed by atoms with Gasteiger partial charge in [-0.05, 0) is 81.3 Å². The zero-order valence-electron chi connectivity index (χ0n) is 25.0. The van der Waals surface area contributed by atoms with Crippen LogP contribution in [-0.2, 0) is 30.8 Å². The molecule has 2 aliphatic rings. The third-order valence-corrected chi connectivity index (χ3v) is 10.5. The standard InChI is InChI=1S/C31H40N4O7S/c1-31(43(3,38)39,30(37)33-42-28-6-4-5-18-41-28)14-16-35-15-13-23-20-22(7-11-26(23)29(35)36)24-8-12-27(32-21-24)40-19-17-34(2)25-9-10-25/h7-8,11-13,15,20-21,25,28H,4-6,9-10,14,16-19H2,1-3H3,(H,33,37)/t28?,31-/m1/s1. The van der Waals surface area contributed by atoms with E-state index >= 15 is 0 Å². The minimum atomic E-state index is -3.86. The number of aryl methyl sites for hydroxylation is 1. The fourth-order valence-corrected chi connectivity index (χ4v) is 5.95. The number of hydrogen-bond acceptors (Lipinski definition) is 9. The number of nitrogens with zero attached hydrogens (tertiary/aromatic N) is 3. The number of pyridine rings is 2. The van der Waals surface area contributed by atoms with Crippen molar-refractivity contribution >= 4 is 26.5 Å². The fraction of sp³-hybridized carbons (Fsp3) is 0.516. The number of fused-ring (bicyclic) bond motifs is 1. The van der Waals surface area contributed by atoms with E-state index in [0.29, 0.717) is 36.9 Å². The Bertz CT molecular complexity index is 1600. The summed E-state index contributed by atoms with van der Waals surface area (Å²) in [5, 5.41) is 1.23. The zero-order valence-corrected chi connectivity index (χ0v) is 25.8. The Labute approximate surface area is 252 Å². The lowest BCUT2D eigenvalue weighted by atomic mass is 10.0. The van der Waals surface area contributed by atoms with Crippen molar-refractivity contribution in [2.75, 3.05) is 33.1 Å². The van der Waals surface area contributed by atoms with Gasteiger partial charge in [0.05, 0.1) is 0 Å². The van der Waals surface area contributed by atoms with Gasteiger partial charge in [0.15, 0.2) is 20.9 Å². The fourth-order valence-electron chi connectivity index (χ4n) is 5.10. The molecule has 0 spiro atoms. The lowest BCUT2D eigenvalue weighted by Gasteiger charge is -2.28. The minimum Gasteiger partial charge on any atom is -0.476 e. The van der Waals surface area contributed by atoms with Crippen molar-refractivity contribution < 1.29 is 27.5 Å². The SMILES string of the molecule is CN(CCOc1ccc(-c2ccc3c(=O)n(CC[C@](C)(C(=O)NOC4CCCCO4)S(C)(=O)=O)ccc3c2)cn1)C1CC1. The first-order valence-electron chi connectivity index (χ1n) is 14.8. The number of aromatic nitrogens is 2. The van der Waals surface area contributed by atoms with Gasteiger partial charge in [0, 0.05) is 67.8 Å². The first kappa shape index (κ1) is 31.1. The molecule has 1 aromatic carbocycles. The van der Waals surface area contributed by atoms with Gasteiger partial charge in [-0.15, -0.1) is 0 Å². The van der Waals surface area contributed by atoms with Gasteiger partial charge in [0.2, 0.25) is 5.88 Å². The Kier molecular flexibility index (Phi) is 9.50. The molecule has 2 atom stereocenters. The normalized spacial score (nSPS) is 18.8. The lowest BCUT2D eigenvalue weighted by molar-refractivity contribution is -0.201. The Morgan fingerprint density at radius 1 is 1.16 bits per heavy atom. The molecule has 43 heavy (non-hydrogen) atoms. The van der Waals surface area contributed by atoms with Crippen LogP contribution in [0.1, 0.15) is 45.4 Å². The smallest absolute Gasteiger partial charge is 0.264 e. The van der Waals surface area contributed by atoms with Crippen molar-refractivity contribution in [1.82, 2.24) is 19.9 Å². The number of hydrogen-bond donors (Lipinski definition) is 1. The van der Waals surface area contributed by atoms with Crippen molar-refractivity contribution in [3.05, 3.63) is 59.1 Å². The average Bonchev–Trinajstić information content (AvgIpc) is 3.85. The van der Waals surface area contributed by atoms with Crippen LogP contribution in [0.15, 0.2) is 53.6 Å². The molecule has 0 bridgehead atoms. The van der Waals surface area contributed by atoms with E-state index in [2.05, 4.69) is 22.4 Å². The maximum Gasteiger partial charge on any atom is 0.264 e. The molecule has 5 rings (SSSR count). The molecule has 3 aromatic rings. The van der Waals surface area contributed by atoms with E-state index in [1.807, 2.05) is 30.3 Å². The van der Waals surface area contributed by atoms with E-state index in [-0.39, 0.29) is 18.5 Å². The summed E-state index contributed by atoms with van der Waals surface area (Å²) in [7, 11) is -1.74. The highest BCUT2D eigenvalue weighted by Gasteiger charge is 2.44. The van der Waals surface area contributed by atoms with Crippen LogP contribution < -0.4 is 15.8 Å². The number of likely N-dealkylation sites (N-methyl/N-ethyl adjacent to an activating group) is 1. The lowest BCUT2D eigenvalue weighted by Crippen LogP contribution is -2.51. The second kappa shape index (κ2) is 13.1. The third kappa shape index (κ3) is 7.43. The van der Waals surface area contributed by atoms with Gasteiger partial charge in [-0.2, -0.15) is 0 Å². The van der Waals surface area contributed by atoms with Gasteiger partial charge in [-0.25, -0.2) is 23.7 Å². The molecule has 2 fully saturated rings. The van der Waals surface area contributed by atoms with E-state index in [1.54, 1.807) is 18.5 Å². The van der Waals surface area contributed by atoms with Gasteiger partial charge in [0.25, 0.3) is 11.5 Å². The van der Waals surface area contributed by atoms with Crippen molar-refractivity contribution in [1.29, 1.82) is 0 Å². The van der Waals surface area contributed by atoms with Crippen LogP contribution in [-0.4, -0.2) is 78.9 Å². The van der Waals surface area contributed by atoms with Crippen LogP contribution in [0.3, 0.4) is 0 Å². The van der Waals surface area contributed by atoms with E-state index in [4.69, 9.17) is 14.3 Å². The van der Waals surface area contributed by atoms with Crippen LogP contribution in [0.2, 0.25) is 0 Å². The number of carbonyl (C=O) groups is 1. The quantitative estimate of drug-likeness (QED) is 0.289. The predicted molar refractivity (Wildman–Crippen MR) is 163 cm³/mol. The van der Waals surface area contributed by atoms with Crippen LogP contribution >= 0.6 is 0 Å². The van der Waals surface area contributed by atoms with E-state index in [1.165, 1.54) is 24.3 Å². The van der Waals surface area contributed by atoms with E-state index in [0.717, 1.165) is 42.2 Å². The third-order valence-electron chi connectivity index (χ3n) is 8.46. The highest BCUT2D eigenvalue weighted by atomic mass is 32.2. The topological polar surface area (TPSA) is 129 Å². The Morgan fingerprint density at radius 2 is 1.95 bits per heavy atom. The van der Waals surface area contributed by atoms with Crippen molar-refractivity contribution in [3.63, 3.8) is 0 Å². The molecule has 1 N–H and O–H groups in total. The molecule has 1 unspecified atom stereocenters. The number of ether oxygens (including phenoxy) is 2. The summed E-state index contributed by atoms with van der Waals surface area (Å²) < 4.78 is 36.3. The van der Waals surface area contributed by atoms with Crippen molar-refractivity contribution in [2.24, 2.45) is 0 Å². The van der Waals surface area contributed by atoms with E-state index in [9.17, 15) is 18.0 Å². The number of nitrogens with one attached hydrogen (secondary N) is 1. The van der Waals surface area contributed by atoms with Gasteiger partial charge in [0.1, 0.15) is 6.61 Å².